The van der Waals surface area contributed by atoms with Crippen molar-refractivity contribution >= 4 is 21.7 Å². The van der Waals surface area contributed by atoms with Gasteiger partial charge in [-0.1, -0.05) is 0 Å². The van der Waals surface area contributed by atoms with Crippen LogP contribution in [0.4, 0.5) is 5.82 Å². The van der Waals surface area contributed by atoms with Crippen LogP contribution in [-0.4, -0.2) is 30.7 Å². The molecule has 1 aromatic heterocycles. The van der Waals surface area contributed by atoms with Crippen molar-refractivity contribution in [2.24, 2.45) is 5.92 Å². The molecule has 1 N–H and O–H groups in total. The minimum Gasteiger partial charge on any atom is -0.355 e. The van der Waals surface area contributed by atoms with Gasteiger partial charge in [0.2, 0.25) is 0 Å². The summed E-state index contributed by atoms with van der Waals surface area (Å²) in [6.07, 6.45) is 4.57. The highest BCUT2D eigenvalue weighted by molar-refractivity contribution is 9.10. The molecule has 0 saturated carbocycles. The van der Waals surface area contributed by atoms with Crippen LogP contribution in [0.15, 0.2) is 22.8 Å². The van der Waals surface area contributed by atoms with Gasteiger partial charge in [-0.25, -0.2) is 4.98 Å². The summed E-state index contributed by atoms with van der Waals surface area (Å²) < 4.78 is 1.05. The maximum atomic E-state index is 4.47. The van der Waals surface area contributed by atoms with Crippen LogP contribution in [0.3, 0.4) is 0 Å². The van der Waals surface area contributed by atoms with Crippen molar-refractivity contribution in [2.45, 2.75) is 18.9 Å². The molecule has 1 aromatic rings. The summed E-state index contributed by atoms with van der Waals surface area (Å²) in [5, 5.41) is 3.61. The Morgan fingerprint density at radius 3 is 3.06 bits per heavy atom. The summed E-state index contributed by atoms with van der Waals surface area (Å²) in [4.78, 5) is 6.87. The van der Waals surface area contributed by atoms with E-state index in [0.29, 0.717) is 6.04 Å². The average molecular weight is 282 g/mol. The number of rotatable bonds is 1. The normalized spacial score (nSPS) is 29.2. The van der Waals surface area contributed by atoms with Gasteiger partial charge in [0.1, 0.15) is 5.82 Å². The van der Waals surface area contributed by atoms with Gasteiger partial charge in [-0.3, -0.25) is 0 Å². The van der Waals surface area contributed by atoms with Crippen LogP contribution < -0.4 is 10.2 Å². The SMILES string of the molecule is Brc1ccc(N2CC3CCCNC3C2)nc1. The standard InChI is InChI=1S/C12H16BrN3/c13-10-3-4-12(15-6-10)16-7-9-2-1-5-14-11(9)8-16/h3-4,6,9,11,14H,1-2,5,7-8H2. The van der Waals surface area contributed by atoms with Gasteiger partial charge in [0, 0.05) is 29.8 Å². The Labute approximate surface area is 104 Å². The Hall–Kier alpha value is -0.610. The Kier molecular flexibility index (Phi) is 2.86. The second kappa shape index (κ2) is 4.34. The van der Waals surface area contributed by atoms with E-state index in [1.54, 1.807) is 0 Å². The molecule has 2 saturated heterocycles. The van der Waals surface area contributed by atoms with E-state index in [2.05, 4.69) is 43.3 Å². The summed E-state index contributed by atoms with van der Waals surface area (Å²) in [7, 11) is 0. The zero-order chi connectivity index (χ0) is 11.0. The summed E-state index contributed by atoms with van der Waals surface area (Å²) in [6, 6.07) is 4.85. The van der Waals surface area contributed by atoms with E-state index >= 15 is 0 Å². The van der Waals surface area contributed by atoms with Crippen molar-refractivity contribution in [3.63, 3.8) is 0 Å². The summed E-state index contributed by atoms with van der Waals surface area (Å²) in [6.45, 7) is 3.45. The first-order valence-electron chi connectivity index (χ1n) is 5.93. The fourth-order valence-corrected chi connectivity index (χ4v) is 3.02. The molecular formula is C12H16BrN3. The van der Waals surface area contributed by atoms with Crippen molar-refractivity contribution in [1.82, 2.24) is 10.3 Å². The number of nitrogens with zero attached hydrogens (tertiary/aromatic N) is 2. The highest BCUT2D eigenvalue weighted by Crippen LogP contribution is 2.28. The molecule has 2 aliphatic rings. The van der Waals surface area contributed by atoms with Crippen LogP contribution in [0.2, 0.25) is 0 Å². The number of anilines is 1. The van der Waals surface area contributed by atoms with E-state index in [9.17, 15) is 0 Å². The Morgan fingerprint density at radius 1 is 1.38 bits per heavy atom. The van der Waals surface area contributed by atoms with Gasteiger partial charge in [-0.05, 0) is 53.4 Å². The van der Waals surface area contributed by atoms with Gasteiger partial charge in [0.15, 0.2) is 0 Å². The third kappa shape index (κ3) is 1.96. The molecule has 3 heterocycles. The second-order valence-corrected chi connectivity index (χ2v) is 5.62. The van der Waals surface area contributed by atoms with Gasteiger partial charge in [-0.15, -0.1) is 0 Å². The molecule has 3 nitrogen and oxygen atoms in total. The third-order valence-corrected chi connectivity index (χ3v) is 4.10. The zero-order valence-corrected chi connectivity index (χ0v) is 10.8. The first-order chi connectivity index (χ1) is 7.83. The first-order valence-corrected chi connectivity index (χ1v) is 6.72. The van der Waals surface area contributed by atoms with Crippen molar-refractivity contribution in [3.8, 4) is 0 Å². The topological polar surface area (TPSA) is 28.2 Å². The smallest absolute Gasteiger partial charge is 0.128 e. The van der Waals surface area contributed by atoms with Crippen molar-refractivity contribution in [3.05, 3.63) is 22.8 Å². The number of pyridine rings is 1. The molecule has 4 heteroatoms. The van der Waals surface area contributed by atoms with Crippen LogP contribution in [0.25, 0.3) is 0 Å². The van der Waals surface area contributed by atoms with E-state index in [1.165, 1.54) is 19.4 Å². The van der Waals surface area contributed by atoms with Crippen LogP contribution >= 0.6 is 15.9 Å². The van der Waals surface area contributed by atoms with Gasteiger partial charge >= 0.3 is 0 Å². The molecule has 16 heavy (non-hydrogen) atoms. The van der Waals surface area contributed by atoms with Gasteiger partial charge in [0.05, 0.1) is 0 Å². The Bertz CT molecular complexity index is 351. The van der Waals surface area contributed by atoms with Crippen LogP contribution in [-0.2, 0) is 0 Å². The van der Waals surface area contributed by atoms with Gasteiger partial charge in [-0.2, -0.15) is 0 Å². The lowest BCUT2D eigenvalue weighted by Gasteiger charge is -2.24. The molecule has 0 spiro atoms. The van der Waals surface area contributed by atoms with Gasteiger partial charge in [0.25, 0.3) is 0 Å². The van der Waals surface area contributed by atoms with Crippen molar-refractivity contribution in [1.29, 1.82) is 0 Å². The fraction of sp³-hybridized carbons (Fsp3) is 0.583. The highest BCUT2D eigenvalue weighted by Gasteiger charge is 2.34. The molecule has 2 atom stereocenters. The maximum absolute atomic E-state index is 4.47. The lowest BCUT2D eigenvalue weighted by atomic mass is 9.94. The molecular weight excluding hydrogens is 266 g/mol. The van der Waals surface area contributed by atoms with Crippen LogP contribution in [0, 0.1) is 5.92 Å². The lowest BCUT2D eigenvalue weighted by molar-refractivity contribution is 0.340. The molecule has 2 fully saturated rings. The Morgan fingerprint density at radius 2 is 2.31 bits per heavy atom. The number of hydrogen-bond acceptors (Lipinski definition) is 3. The lowest BCUT2D eigenvalue weighted by Crippen LogP contribution is -2.40. The van der Waals surface area contributed by atoms with E-state index in [0.717, 1.165) is 29.3 Å². The largest absolute Gasteiger partial charge is 0.355 e. The second-order valence-electron chi connectivity index (χ2n) is 4.70. The Balaban J connectivity index is 1.75. The number of piperidine rings is 1. The quantitative estimate of drug-likeness (QED) is 0.854. The number of hydrogen-bond donors (Lipinski definition) is 1. The molecule has 2 aliphatic heterocycles. The number of aromatic nitrogens is 1. The predicted molar refractivity (Wildman–Crippen MR) is 68.7 cm³/mol. The molecule has 0 radical (unpaired) electrons. The molecule has 0 aromatic carbocycles. The maximum Gasteiger partial charge on any atom is 0.128 e. The molecule has 0 aliphatic carbocycles. The molecule has 0 amide bonds. The van der Waals surface area contributed by atoms with E-state index in [4.69, 9.17) is 0 Å². The summed E-state index contributed by atoms with van der Waals surface area (Å²) in [5.74, 6) is 1.93. The first kappa shape index (κ1) is 10.5. The van der Waals surface area contributed by atoms with E-state index in [-0.39, 0.29) is 0 Å². The van der Waals surface area contributed by atoms with E-state index in [1.807, 2.05) is 6.20 Å². The molecule has 0 bridgehead atoms. The number of halogens is 1. The third-order valence-electron chi connectivity index (χ3n) is 3.64. The minimum atomic E-state index is 0.680. The molecule has 86 valence electrons. The highest BCUT2D eigenvalue weighted by atomic mass is 79.9. The fourth-order valence-electron chi connectivity index (χ4n) is 2.79. The summed E-state index contributed by atoms with van der Waals surface area (Å²) >= 11 is 3.42. The molecule has 3 rings (SSSR count). The van der Waals surface area contributed by atoms with Crippen molar-refractivity contribution < 1.29 is 0 Å². The number of nitrogens with one attached hydrogen (secondary N) is 1. The van der Waals surface area contributed by atoms with Crippen LogP contribution in [0.5, 0.6) is 0 Å². The zero-order valence-electron chi connectivity index (χ0n) is 9.19. The van der Waals surface area contributed by atoms with Crippen molar-refractivity contribution in [2.75, 3.05) is 24.5 Å². The minimum absolute atomic E-state index is 0.680. The van der Waals surface area contributed by atoms with Crippen LogP contribution in [0.1, 0.15) is 12.8 Å². The van der Waals surface area contributed by atoms with Gasteiger partial charge < -0.3 is 10.2 Å². The summed E-state index contributed by atoms with van der Waals surface area (Å²) in [5.41, 5.74) is 0. The molecule has 2 unspecified atom stereocenters. The average Bonchev–Trinajstić information content (AvgIpc) is 2.73. The van der Waals surface area contributed by atoms with E-state index < -0.39 is 0 Å². The predicted octanol–water partition coefficient (Wildman–Crippen LogP) is 2.03. The monoisotopic (exact) mass is 281 g/mol. The number of fused-ring (bicyclic) bond motifs is 1.